The van der Waals surface area contributed by atoms with E-state index in [1.165, 1.54) is 0 Å². The van der Waals surface area contributed by atoms with Crippen molar-refractivity contribution in [1.29, 1.82) is 0 Å². The highest BCUT2D eigenvalue weighted by Gasteiger charge is 2.15. The van der Waals surface area contributed by atoms with E-state index in [0.29, 0.717) is 0 Å². The molecule has 0 fully saturated rings. The van der Waals surface area contributed by atoms with Crippen LogP contribution in [0.3, 0.4) is 0 Å². The second-order valence-electron chi connectivity index (χ2n) is 4.20. The molecule has 0 spiro atoms. The summed E-state index contributed by atoms with van der Waals surface area (Å²) in [4.78, 5) is 0. The molecule has 17 heavy (non-hydrogen) atoms. The van der Waals surface area contributed by atoms with Crippen LogP contribution in [0.5, 0.6) is 0 Å². The third-order valence-electron chi connectivity index (χ3n) is 2.14. The topological polar surface area (TPSA) is 99.4 Å². The van der Waals surface area contributed by atoms with Crippen LogP contribution in [-0.2, 0) is 9.47 Å². The van der Waals surface area contributed by atoms with Crippen molar-refractivity contribution in [3.8, 4) is 0 Å². The Bertz CT molecular complexity index is 175. The molecule has 0 aliphatic heterocycles. The number of hydrogen-bond acceptors (Lipinski definition) is 6. The van der Waals surface area contributed by atoms with E-state index >= 15 is 0 Å². The van der Waals surface area contributed by atoms with Gasteiger partial charge >= 0.3 is 0 Å². The zero-order chi connectivity index (χ0) is 13.3. The second kappa shape index (κ2) is 9.76. The van der Waals surface area contributed by atoms with Crippen molar-refractivity contribution < 1.29 is 29.9 Å². The predicted octanol–water partition coefficient (Wildman–Crippen LogP) is -1.11. The van der Waals surface area contributed by atoms with Gasteiger partial charge < -0.3 is 29.9 Å². The molecule has 0 rings (SSSR count). The first kappa shape index (κ1) is 16.8. The van der Waals surface area contributed by atoms with E-state index in [-0.39, 0.29) is 39.0 Å². The Morgan fingerprint density at radius 1 is 0.941 bits per heavy atom. The van der Waals surface area contributed by atoms with Gasteiger partial charge in [-0.3, -0.25) is 0 Å². The van der Waals surface area contributed by atoms with Gasteiger partial charge in [-0.1, -0.05) is 0 Å². The van der Waals surface area contributed by atoms with E-state index in [1.54, 1.807) is 13.8 Å². The summed E-state index contributed by atoms with van der Waals surface area (Å²) in [7, 11) is 0. The van der Waals surface area contributed by atoms with Crippen molar-refractivity contribution >= 4 is 0 Å². The average Bonchev–Trinajstić information content (AvgIpc) is 2.31. The Kier molecular flexibility index (Phi) is 9.62. The molecule has 0 aromatic rings. The zero-order valence-electron chi connectivity index (χ0n) is 10.5. The first-order valence-electron chi connectivity index (χ1n) is 5.80. The highest BCUT2D eigenvalue weighted by atomic mass is 16.5. The average molecular weight is 252 g/mol. The van der Waals surface area contributed by atoms with Crippen LogP contribution in [0.4, 0.5) is 0 Å². The molecule has 0 bridgehead atoms. The summed E-state index contributed by atoms with van der Waals surface area (Å²) in [5, 5.41) is 35.9. The molecule has 4 atom stereocenters. The van der Waals surface area contributed by atoms with E-state index in [2.05, 4.69) is 0 Å². The minimum atomic E-state index is -0.888. The molecule has 104 valence electrons. The van der Waals surface area contributed by atoms with Crippen LogP contribution in [0.25, 0.3) is 0 Å². The van der Waals surface area contributed by atoms with Gasteiger partial charge in [0.2, 0.25) is 0 Å². The van der Waals surface area contributed by atoms with E-state index in [9.17, 15) is 5.11 Å². The summed E-state index contributed by atoms with van der Waals surface area (Å²) in [5.41, 5.74) is 0. The maximum absolute atomic E-state index is 9.20. The Hall–Kier alpha value is -0.240. The third-order valence-corrected chi connectivity index (χ3v) is 2.14. The van der Waals surface area contributed by atoms with E-state index in [4.69, 9.17) is 24.8 Å². The van der Waals surface area contributed by atoms with Crippen LogP contribution in [0.2, 0.25) is 0 Å². The first-order valence-corrected chi connectivity index (χ1v) is 5.80. The zero-order valence-corrected chi connectivity index (χ0v) is 10.5. The van der Waals surface area contributed by atoms with Crippen LogP contribution in [0.15, 0.2) is 0 Å². The maximum atomic E-state index is 9.20. The van der Waals surface area contributed by atoms with Crippen LogP contribution in [0, 0.1) is 0 Å². The van der Waals surface area contributed by atoms with Crippen LogP contribution >= 0.6 is 0 Å². The lowest BCUT2D eigenvalue weighted by molar-refractivity contribution is -0.0798. The van der Waals surface area contributed by atoms with Gasteiger partial charge in [0.25, 0.3) is 0 Å². The Morgan fingerprint density at radius 2 is 1.59 bits per heavy atom. The van der Waals surface area contributed by atoms with E-state index in [0.717, 1.165) is 0 Å². The van der Waals surface area contributed by atoms with E-state index < -0.39 is 18.3 Å². The lowest BCUT2D eigenvalue weighted by atomic mass is 10.2. The monoisotopic (exact) mass is 252 g/mol. The van der Waals surface area contributed by atoms with Crippen molar-refractivity contribution in [1.82, 2.24) is 0 Å². The largest absolute Gasteiger partial charge is 0.394 e. The molecule has 0 heterocycles. The molecular weight excluding hydrogens is 228 g/mol. The van der Waals surface area contributed by atoms with Gasteiger partial charge in [0, 0.05) is 6.42 Å². The maximum Gasteiger partial charge on any atom is 0.0832 e. The number of aliphatic hydroxyl groups excluding tert-OH is 4. The summed E-state index contributed by atoms with van der Waals surface area (Å²) < 4.78 is 10.6. The molecule has 4 N–H and O–H groups in total. The van der Waals surface area contributed by atoms with Gasteiger partial charge in [0.15, 0.2) is 0 Å². The summed E-state index contributed by atoms with van der Waals surface area (Å²) in [6.45, 7) is 3.33. The van der Waals surface area contributed by atoms with Crippen molar-refractivity contribution in [3.05, 3.63) is 0 Å². The van der Waals surface area contributed by atoms with Gasteiger partial charge in [0.05, 0.1) is 50.8 Å². The molecule has 0 radical (unpaired) electrons. The molecule has 0 amide bonds. The molecule has 0 aromatic heterocycles. The SMILES string of the molecule is CC(O)COC(C)COC(CO)CC(O)CO. The molecule has 0 aliphatic carbocycles. The number of aliphatic hydroxyl groups is 4. The van der Waals surface area contributed by atoms with Crippen LogP contribution in [-0.4, -0.2) is 71.3 Å². The lowest BCUT2D eigenvalue weighted by Crippen LogP contribution is -2.30. The molecule has 6 nitrogen and oxygen atoms in total. The predicted molar refractivity (Wildman–Crippen MR) is 61.6 cm³/mol. The van der Waals surface area contributed by atoms with Crippen LogP contribution < -0.4 is 0 Å². The number of hydrogen-bond donors (Lipinski definition) is 4. The van der Waals surface area contributed by atoms with E-state index in [1.807, 2.05) is 0 Å². The molecular formula is C11H24O6. The van der Waals surface area contributed by atoms with Gasteiger partial charge in [-0.25, -0.2) is 0 Å². The van der Waals surface area contributed by atoms with Gasteiger partial charge in [-0.15, -0.1) is 0 Å². The minimum Gasteiger partial charge on any atom is -0.394 e. The quantitative estimate of drug-likeness (QED) is 0.393. The fraction of sp³-hybridized carbons (Fsp3) is 1.00. The first-order chi connectivity index (χ1) is 7.99. The van der Waals surface area contributed by atoms with Crippen molar-refractivity contribution in [2.45, 2.75) is 44.7 Å². The van der Waals surface area contributed by atoms with Gasteiger partial charge in [-0.05, 0) is 13.8 Å². The summed E-state index contributed by atoms with van der Waals surface area (Å²) >= 11 is 0. The third kappa shape index (κ3) is 9.46. The molecule has 6 heteroatoms. The number of ether oxygens (including phenoxy) is 2. The fourth-order valence-corrected chi connectivity index (χ4v) is 1.20. The van der Waals surface area contributed by atoms with Crippen molar-refractivity contribution in [3.63, 3.8) is 0 Å². The molecule has 0 aromatic carbocycles. The highest BCUT2D eigenvalue weighted by Crippen LogP contribution is 2.04. The Morgan fingerprint density at radius 3 is 2.06 bits per heavy atom. The fourth-order valence-electron chi connectivity index (χ4n) is 1.20. The molecule has 0 saturated heterocycles. The minimum absolute atomic E-state index is 0.177. The smallest absolute Gasteiger partial charge is 0.0832 e. The summed E-state index contributed by atoms with van der Waals surface area (Å²) in [6, 6.07) is 0. The van der Waals surface area contributed by atoms with Crippen molar-refractivity contribution in [2.24, 2.45) is 0 Å². The highest BCUT2D eigenvalue weighted by molar-refractivity contribution is 4.64. The normalized spacial score (nSPS) is 18.7. The van der Waals surface area contributed by atoms with Gasteiger partial charge in [0.1, 0.15) is 0 Å². The number of rotatable bonds is 10. The second-order valence-corrected chi connectivity index (χ2v) is 4.20. The molecule has 4 unspecified atom stereocenters. The molecule has 0 saturated carbocycles. The lowest BCUT2D eigenvalue weighted by Gasteiger charge is -2.21. The van der Waals surface area contributed by atoms with Crippen LogP contribution in [0.1, 0.15) is 20.3 Å². The summed E-state index contributed by atoms with van der Waals surface area (Å²) in [6.07, 6.45) is -1.96. The Labute approximate surface area is 102 Å². The molecule has 0 aliphatic rings. The summed E-state index contributed by atoms with van der Waals surface area (Å²) in [5.74, 6) is 0. The van der Waals surface area contributed by atoms with Crippen molar-refractivity contribution in [2.75, 3.05) is 26.4 Å². The Balaban J connectivity index is 3.73. The van der Waals surface area contributed by atoms with Gasteiger partial charge in [-0.2, -0.15) is 0 Å². The standard InChI is InChI=1S/C11H24O6/c1-8(14)6-16-9(2)7-17-11(5-13)3-10(15)4-12/h8-15H,3-7H2,1-2H3.